The van der Waals surface area contributed by atoms with Gasteiger partial charge in [-0.15, -0.1) is 0 Å². The van der Waals surface area contributed by atoms with E-state index in [0.29, 0.717) is 6.04 Å². The Morgan fingerprint density at radius 1 is 1.41 bits per heavy atom. The fourth-order valence-corrected chi connectivity index (χ4v) is 2.66. The van der Waals surface area contributed by atoms with Crippen molar-refractivity contribution in [2.75, 3.05) is 33.2 Å². The van der Waals surface area contributed by atoms with E-state index >= 15 is 0 Å². The van der Waals surface area contributed by atoms with Crippen molar-refractivity contribution in [3.63, 3.8) is 0 Å². The highest BCUT2D eigenvalue weighted by Crippen LogP contribution is 2.21. The van der Waals surface area contributed by atoms with Crippen molar-refractivity contribution in [1.82, 2.24) is 19.6 Å². The van der Waals surface area contributed by atoms with Gasteiger partial charge in [-0.1, -0.05) is 13.8 Å². The molecule has 0 spiro atoms. The fourth-order valence-electron chi connectivity index (χ4n) is 2.66. The van der Waals surface area contributed by atoms with Crippen molar-refractivity contribution in [2.45, 2.75) is 32.9 Å². The number of nitrogens with zero attached hydrogens (tertiary/aromatic N) is 4. The van der Waals surface area contributed by atoms with Crippen molar-refractivity contribution in [3.8, 4) is 0 Å². The Bertz CT molecular complexity index is 343. The van der Waals surface area contributed by atoms with Crippen LogP contribution in [0, 0.1) is 0 Å². The molecule has 0 fully saturated rings. The summed E-state index contributed by atoms with van der Waals surface area (Å²) in [6.07, 6.45) is 3.12. The molecule has 1 atom stereocenters. The molecule has 1 aromatic rings. The maximum absolute atomic E-state index is 4.47. The summed E-state index contributed by atoms with van der Waals surface area (Å²) in [7, 11) is 2.20. The second-order valence-electron chi connectivity index (χ2n) is 4.93. The normalized spacial score (nSPS) is 20.8. The van der Waals surface area contributed by atoms with Crippen LogP contribution in [-0.2, 0) is 6.54 Å². The number of rotatable bonds is 5. The minimum atomic E-state index is 0.541. The SMILES string of the molecule is CCN(CC)CC[C@@H]1CN(C)Cc2ccnn21. The molecule has 2 rings (SSSR count). The molecular weight excluding hydrogens is 212 g/mol. The van der Waals surface area contributed by atoms with Gasteiger partial charge in [-0.25, -0.2) is 0 Å². The molecule has 0 aromatic carbocycles. The van der Waals surface area contributed by atoms with Crippen LogP contribution >= 0.6 is 0 Å². The van der Waals surface area contributed by atoms with Crippen molar-refractivity contribution in [3.05, 3.63) is 18.0 Å². The number of likely N-dealkylation sites (N-methyl/N-ethyl adjacent to an activating group) is 1. The van der Waals surface area contributed by atoms with Crippen LogP contribution in [0.4, 0.5) is 0 Å². The summed E-state index contributed by atoms with van der Waals surface area (Å²) in [6.45, 7) is 10.1. The smallest absolute Gasteiger partial charge is 0.0662 e. The molecular formula is C13H24N4. The Labute approximate surface area is 104 Å². The molecule has 0 N–H and O–H groups in total. The first-order valence-corrected chi connectivity index (χ1v) is 6.67. The molecule has 1 aliphatic rings. The average molecular weight is 236 g/mol. The summed E-state index contributed by atoms with van der Waals surface area (Å²) in [5.41, 5.74) is 1.35. The number of hydrogen-bond donors (Lipinski definition) is 0. The topological polar surface area (TPSA) is 24.3 Å². The highest BCUT2D eigenvalue weighted by atomic mass is 15.3. The molecule has 0 radical (unpaired) electrons. The van der Waals surface area contributed by atoms with Crippen LogP contribution in [0.25, 0.3) is 0 Å². The van der Waals surface area contributed by atoms with Gasteiger partial charge in [-0.05, 0) is 32.6 Å². The quantitative estimate of drug-likeness (QED) is 0.776. The van der Waals surface area contributed by atoms with Crippen molar-refractivity contribution in [1.29, 1.82) is 0 Å². The molecule has 2 heterocycles. The number of hydrogen-bond acceptors (Lipinski definition) is 3. The molecule has 0 saturated carbocycles. The molecule has 1 aromatic heterocycles. The molecule has 4 nitrogen and oxygen atoms in total. The molecule has 0 amide bonds. The molecule has 4 heteroatoms. The molecule has 0 aliphatic carbocycles. The van der Waals surface area contributed by atoms with Gasteiger partial charge in [-0.2, -0.15) is 5.10 Å². The van der Waals surface area contributed by atoms with E-state index in [1.54, 1.807) is 0 Å². The standard InChI is InChI=1S/C13H24N4/c1-4-16(5-2)9-7-13-11-15(3)10-12-6-8-14-17(12)13/h6,8,13H,4-5,7,9-11H2,1-3H3/t13-/m1/s1. The Balaban J connectivity index is 1.98. The second kappa shape index (κ2) is 5.65. The minimum absolute atomic E-state index is 0.541. The van der Waals surface area contributed by atoms with Gasteiger partial charge in [0.2, 0.25) is 0 Å². The number of fused-ring (bicyclic) bond motifs is 1. The monoisotopic (exact) mass is 236 g/mol. The molecule has 0 saturated heterocycles. The molecule has 96 valence electrons. The third-order valence-corrected chi connectivity index (χ3v) is 3.73. The summed E-state index contributed by atoms with van der Waals surface area (Å²) >= 11 is 0. The van der Waals surface area contributed by atoms with E-state index in [9.17, 15) is 0 Å². The highest BCUT2D eigenvalue weighted by Gasteiger charge is 2.23. The second-order valence-corrected chi connectivity index (χ2v) is 4.93. The summed E-state index contributed by atoms with van der Waals surface area (Å²) in [4.78, 5) is 4.88. The predicted molar refractivity (Wildman–Crippen MR) is 70.0 cm³/mol. The van der Waals surface area contributed by atoms with Gasteiger partial charge in [0.05, 0.1) is 11.7 Å². The first-order valence-electron chi connectivity index (χ1n) is 6.67. The maximum Gasteiger partial charge on any atom is 0.0662 e. The van der Waals surface area contributed by atoms with Gasteiger partial charge in [0, 0.05) is 25.8 Å². The van der Waals surface area contributed by atoms with Crippen LogP contribution in [-0.4, -0.2) is 52.8 Å². The van der Waals surface area contributed by atoms with E-state index < -0.39 is 0 Å². The van der Waals surface area contributed by atoms with Gasteiger partial charge in [0.1, 0.15) is 0 Å². The Hall–Kier alpha value is -0.870. The van der Waals surface area contributed by atoms with Crippen molar-refractivity contribution >= 4 is 0 Å². The predicted octanol–water partition coefficient (Wildman–Crippen LogP) is 1.60. The first-order chi connectivity index (χ1) is 8.24. The van der Waals surface area contributed by atoms with E-state index in [1.165, 1.54) is 18.7 Å². The van der Waals surface area contributed by atoms with Crippen LogP contribution in [0.2, 0.25) is 0 Å². The zero-order valence-corrected chi connectivity index (χ0v) is 11.3. The van der Waals surface area contributed by atoms with Gasteiger partial charge in [0.25, 0.3) is 0 Å². The van der Waals surface area contributed by atoms with E-state index in [4.69, 9.17) is 0 Å². The molecule has 0 unspecified atom stereocenters. The zero-order valence-electron chi connectivity index (χ0n) is 11.3. The van der Waals surface area contributed by atoms with Crippen LogP contribution in [0.3, 0.4) is 0 Å². The summed E-state index contributed by atoms with van der Waals surface area (Å²) in [5, 5.41) is 4.47. The van der Waals surface area contributed by atoms with Gasteiger partial charge in [-0.3, -0.25) is 9.58 Å². The third kappa shape index (κ3) is 2.87. The molecule has 1 aliphatic heterocycles. The average Bonchev–Trinajstić information content (AvgIpc) is 2.78. The van der Waals surface area contributed by atoms with Gasteiger partial charge in [0.15, 0.2) is 0 Å². The third-order valence-electron chi connectivity index (χ3n) is 3.73. The van der Waals surface area contributed by atoms with Gasteiger partial charge < -0.3 is 4.90 Å². The maximum atomic E-state index is 4.47. The lowest BCUT2D eigenvalue weighted by Gasteiger charge is -2.32. The lowest BCUT2D eigenvalue weighted by atomic mass is 10.1. The van der Waals surface area contributed by atoms with Crippen molar-refractivity contribution < 1.29 is 0 Å². The summed E-state index contributed by atoms with van der Waals surface area (Å²) in [5.74, 6) is 0. The Morgan fingerprint density at radius 2 is 2.18 bits per heavy atom. The van der Waals surface area contributed by atoms with E-state index in [-0.39, 0.29) is 0 Å². The van der Waals surface area contributed by atoms with E-state index in [0.717, 1.165) is 26.2 Å². The first kappa shape index (κ1) is 12.6. The lowest BCUT2D eigenvalue weighted by Crippen LogP contribution is -2.37. The largest absolute Gasteiger partial charge is 0.304 e. The Morgan fingerprint density at radius 3 is 2.88 bits per heavy atom. The van der Waals surface area contributed by atoms with Gasteiger partial charge >= 0.3 is 0 Å². The molecule has 17 heavy (non-hydrogen) atoms. The lowest BCUT2D eigenvalue weighted by molar-refractivity contribution is 0.182. The zero-order chi connectivity index (χ0) is 12.3. The highest BCUT2D eigenvalue weighted by molar-refractivity contribution is 5.04. The molecule has 0 bridgehead atoms. The minimum Gasteiger partial charge on any atom is -0.304 e. The van der Waals surface area contributed by atoms with E-state index in [1.807, 2.05) is 6.20 Å². The van der Waals surface area contributed by atoms with Crippen LogP contribution in [0.1, 0.15) is 32.0 Å². The summed E-state index contributed by atoms with van der Waals surface area (Å²) < 4.78 is 2.23. The summed E-state index contributed by atoms with van der Waals surface area (Å²) in [6, 6.07) is 2.68. The van der Waals surface area contributed by atoms with E-state index in [2.05, 4.69) is 46.5 Å². The van der Waals surface area contributed by atoms with Crippen LogP contribution in [0.5, 0.6) is 0 Å². The van der Waals surface area contributed by atoms with Crippen LogP contribution in [0.15, 0.2) is 12.3 Å². The fraction of sp³-hybridized carbons (Fsp3) is 0.769. The van der Waals surface area contributed by atoms with Crippen LogP contribution < -0.4 is 0 Å². The van der Waals surface area contributed by atoms with Crippen molar-refractivity contribution in [2.24, 2.45) is 0 Å². The number of aromatic nitrogens is 2. The Kier molecular flexibility index (Phi) is 4.18.